The van der Waals surface area contributed by atoms with Crippen molar-refractivity contribution in [3.05, 3.63) is 0 Å². The molecule has 0 aromatic carbocycles. The van der Waals surface area contributed by atoms with Crippen LogP contribution in [0.1, 0.15) is 20.3 Å². The van der Waals surface area contributed by atoms with E-state index in [4.69, 9.17) is 0 Å². The average molecular weight is 142 g/mol. The van der Waals surface area contributed by atoms with Crippen LogP contribution in [0.2, 0.25) is 0 Å². The van der Waals surface area contributed by atoms with E-state index in [0.29, 0.717) is 0 Å². The second kappa shape index (κ2) is 2.28. The van der Waals surface area contributed by atoms with Gasteiger partial charge in [-0.2, -0.15) is 0 Å². The number of carbonyl (C=O) groups is 2. The molecule has 0 spiro atoms. The lowest BCUT2D eigenvalue weighted by molar-refractivity contribution is -0.131. The van der Waals surface area contributed by atoms with Crippen LogP contribution in [0.15, 0.2) is 0 Å². The van der Waals surface area contributed by atoms with Crippen LogP contribution in [0.5, 0.6) is 0 Å². The fraction of sp³-hybridized carbons (Fsp3) is 0.667. The number of amides is 2. The zero-order valence-corrected chi connectivity index (χ0v) is 6.05. The number of hydrogen-bond acceptors (Lipinski definition) is 2. The number of nitrogens with one attached hydrogen (secondary N) is 1. The van der Waals surface area contributed by atoms with E-state index in [1.54, 1.807) is 0 Å². The maximum absolute atomic E-state index is 10.9. The van der Waals surface area contributed by atoms with Crippen LogP contribution < -0.4 is 5.43 Å². The van der Waals surface area contributed by atoms with Crippen LogP contribution in [0, 0.1) is 0 Å². The van der Waals surface area contributed by atoms with Crippen LogP contribution in [-0.4, -0.2) is 22.9 Å². The van der Waals surface area contributed by atoms with Crippen LogP contribution in [0.25, 0.3) is 0 Å². The predicted octanol–water partition coefficient (Wildman–Crippen LogP) is -0.342. The minimum atomic E-state index is -0.210. The van der Waals surface area contributed by atoms with Crippen molar-refractivity contribution in [3.8, 4) is 0 Å². The van der Waals surface area contributed by atoms with Gasteiger partial charge in [-0.3, -0.25) is 20.0 Å². The minimum absolute atomic E-state index is 0.00181. The summed E-state index contributed by atoms with van der Waals surface area (Å²) in [5.41, 5.74) is 2.45. The van der Waals surface area contributed by atoms with E-state index >= 15 is 0 Å². The summed E-state index contributed by atoms with van der Waals surface area (Å²) < 4.78 is 0. The molecular formula is C6H10N2O2. The molecule has 56 valence electrons. The van der Waals surface area contributed by atoms with Crippen molar-refractivity contribution in [1.29, 1.82) is 0 Å². The molecule has 0 saturated carbocycles. The Morgan fingerprint density at radius 3 is 2.30 bits per heavy atom. The Bertz CT molecular complexity index is 177. The molecule has 1 aliphatic rings. The molecule has 0 atom stereocenters. The molecule has 0 aliphatic carbocycles. The predicted molar refractivity (Wildman–Crippen MR) is 34.7 cm³/mol. The van der Waals surface area contributed by atoms with E-state index in [9.17, 15) is 9.59 Å². The Morgan fingerprint density at radius 2 is 2.10 bits per heavy atom. The summed E-state index contributed by atoms with van der Waals surface area (Å²) in [7, 11) is 0. The lowest BCUT2D eigenvalue weighted by Crippen LogP contribution is -2.41. The highest BCUT2D eigenvalue weighted by atomic mass is 16.2. The van der Waals surface area contributed by atoms with Crippen LogP contribution in [0.3, 0.4) is 0 Å². The van der Waals surface area contributed by atoms with E-state index < -0.39 is 0 Å². The van der Waals surface area contributed by atoms with Crippen LogP contribution in [0.4, 0.5) is 0 Å². The molecule has 1 rings (SSSR count). The van der Waals surface area contributed by atoms with Crippen LogP contribution in [-0.2, 0) is 9.59 Å². The summed E-state index contributed by atoms with van der Waals surface area (Å²) >= 11 is 0. The highest BCUT2D eigenvalue weighted by molar-refractivity contribution is 6.02. The maximum Gasteiger partial charge on any atom is 0.250 e. The third-order valence-electron chi connectivity index (χ3n) is 1.34. The molecule has 0 aromatic rings. The van der Waals surface area contributed by atoms with Gasteiger partial charge in [-0.25, -0.2) is 0 Å². The zero-order chi connectivity index (χ0) is 7.72. The molecule has 1 fully saturated rings. The first-order valence-corrected chi connectivity index (χ1v) is 3.23. The molecular weight excluding hydrogens is 132 g/mol. The van der Waals surface area contributed by atoms with E-state index in [2.05, 4.69) is 5.43 Å². The minimum Gasteiger partial charge on any atom is -0.273 e. The number of hydrogen-bond donors (Lipinski definition) is 1. The molecule has 1 aliphatic heterocycles. The Labute approximate surface area is 59.2 Å². The van der Waals surface area contributed by atoms with Gasteiger partial charge >= 0.3 is 0 Å². The number of hydrazine groups is 1. The Balaban J connectivity index is 2.63. The second-order valence-corrected chi connectivity index (χ2v) is 2.57. The van der Waals surface area contributed by atoms with Gasteiger partial charge in [-0.1, -0.05) is 0 Å². The van der Waals surface area contributed by atoms with Gasteiger partial charge in [0.2, 0.25) is 5.91 Å². The molecule has 0 aromatic heterocycles. The van der Waals surface area contributed by atoms with Gasteiger partial charge in [-0.15, -0.1) is 0 Å². The molecule has 1 saturated heterocycles. The van der Waals surface area contributed by atoms with Crippen molar-refractivity contribution >= 4 is 11.8 Å². The molecule has 2 amide bonds. The Morgan fingerprint density at radius 1 is 1.50 bits per heavy atom. The summed E-state index contributed by atoms with van der Waals surface area (Å²) in [4.78, 5) is 21.5. The quantitative estimate of drug-likeness (QED) is 0.509. The summed E-state index contributed by atoms with van der Waals surface area (Å²) in [6, 6.07) is 0.0546. The van der Waals surface area contributed by atoms with Crippen molar-refractivity contribution in [2.75, 3.05) is 0 Å². The van der Waals surface area contributed by atoms with Gasteiger partial charge in [-0.05, 0) is 13.8 Å². The van der Waals surface area contributed by atoms with Crippen molar-refractivity contribution in [2.45, 2.75) is 26.3 Å². The summed E-state index contributed by atoms with van der Waals surface area (Å²) in [5, 5.41) is 1.35. The summed E-state index contributed by atoms with van der Waals surface area (Å²) in [6.07, 6.45) is -0.00181. The van der Waals surface area contributed by atoms with E-state index in [0.717, 1.165) is 0 Å². The highest BCUT2D eigenvalue weighted by Gasteiger charge is 2.28. The fourth-order valence-electron chi connectivity index (χ4n) is 0.876. The SMILES string of the molecule is CC(C)N1NC(=O)CC1=O. The number of nitrogens with zero attached hydrogens (tertiary/aromatic N) is 1. The number of carbonyl (C=O) groups excluding carboxylic acids is 2. The smallest absolute Gasteiger partial charge is 0.250 e. The second-order valence-electron chi connectivity index (χ2n) is 2.57. The van der Waals surface area contributed by atoms with Gasteiger partial charge in [0.15, 0.2) is 0 Å². The first-order valence-electron chi connectivity index (χ1n) is 3.23. The third-order valence-corrected chi connectivity index (χ3v) is 1.34. The maximum atomic E-state index is 10.9. The molecule has 4 heteroatoms. The largest absolute Gasteiger partial charge is 0.273 e. The van der Waals surface area contributed by atoms with Gasteiger partial charge in [0.1, 0.15) is 6.42 Å². The van der Waals surface area contributed by atoms with Crippen molar-refractivity contribution in [2.24, 2.45) is 0 Å². The van der Waals surface area contributed by atoms with Gasteiger partial charge in [0.25, 0.3) is 5.91 Å². The lowest BCUT2D eigenvalue weighted by Gasteiger charge is -2.18. The first kappa shape index (κ1) is 7.05. The highest BCUT2D eigenvalue weighted by Crippen LogP contribution is 2.04. The lowest BCUT2D eigenvalue weighted by atomic mass is 10.3. The fourth-order valence-corrected chi connectivity index (χ4v) is 0.876. The standard InChI is InChI=1S/C6H10N2O2/c1-4(2)8-6(10)3-5(9)7-8/h4H,3H2,1-2H3,(H,7,9). The van der Waals surface area contributed by atoms with E-state index in [1.165, 1.54) is 5.01 Å². The topological polar surface area (TPSA) is 49.4 Å². The zero-order valence-electron chi connectivity index (χ0n) is 6.05. The van der Waals surface area contributed by atoms with Gasteiger partial charge < -0.3 is 0 Å². The molecule has 1 heterocycles. The molecule has 1 N–H and O–H groups in total. The molecule has 4 nitrogen and oxygen atoms in total. The summed E-state index contributed by atoms with van der Waals surface area (Å²) in [5.74, 6) is -0.348. The average Bonchev–Trinajstić information content (AvgIpc) is 2.10. The molecule has 10 heavy (non-hydrogen) atoms. The van der Waals surface area contributed by atoms with E-state index in [-0.39, 0.29) is 24.3 Å². The molecule has 0 radical (unpaired) electrons. The van der Waals surface area contributed by atoms with Crippen molar-refractivity contribution < 1.29 is 9.59 Å². The normalized spacial score (nSPS) is 18.5. The first-order chi connectivity index (χ1) is 4.61. The molecule has 0 bridgehead atoms. The third kappa shape index (κ3) is 1.10. The van der Waals surface area contributed by atoms with E-state index in [1.807, 2.05) is 13.8 Å². The Kier molecular flexibility index (Phi) is 1.61. The van der Waals surface area contributed by atoms with Crippen molar-refractivity contribution in [3.63, 3.8) is 0 Å². The monoisotopic (exact) mass is 142 g/mol. The van der Waals surface area contributed by atoms with Gasteiger partial charge in [0.05, 0.1) is 0 Å². The van der Waals surface area contributed by atoms with Crippen molar-refractivity contribution in [1.82, 2.24) is 10.4 Å². The molecule has 0 unspecified atom stereocenters. The number of rotatable bonds is 1. The van der Waals surface area contributed by atoms with Crippen LogP contribution >= 0.6 is 0 Å². The Hall–Kier alpha value is -1.06. The van der Waals surface area contributed by atoms with Gasteiger partial charge in [0, 0.05) is 6.04 Å². The summed E-state index contributed by atoms with van der Waals surface area (Å²) in [6.45, 7) is 3.70.